The maximum absolute atomic E-state index is 12.1. The summed E-state index contributed by atoms with van der Waals surface area (Å²) in [4.78, 5) is 25.9. The first-order chi connectivity index (χ1) is 9.81. The number of carbonyl (C=O) groups excluding carboxylic acids is 2. The van der Waals surface area contributed by atoms with Crippen LogP contribution in [0.3, 0.4) is 0 Å². The molecule has 122 valence electrons. The van der Waals surface area contributed by atoms with Gasteiger partial charge in [0.05, 0.1) is 13.7 Å². The van der Waals surface area contributed by atoms with Crippen molar-refractivity contribution in [2.24, 2.45) is 17.6 Å². The minimum absolute atomic E-state index is 0.119. The molecule has 0 aromatic heterocycles. The fourth-order valence-corrected chi connectivity index (χ4v) is 2.91. The minimum atomic E-state index is -0.571. The summed E-state index contributed by atoms with van der Waals surface area (Å²) in [5.41, 5.74) is 5.98. The fourth-order valence-electron chi connectivity index (χ4n) is 2.91. The number of hydrogen-bond acceptors (Lipinski definition) is 5. The highest BCUT2D eigenvalue weighted by atomic mass is 16.5. The quantitative estimate of drug-likeness (QED) is 0.692. The lowest BCUT2D eigenvalue weighted by Crippen LogP contribution is -2.51. The molecule has 0 bridgehead atoms. The molecular weight excluding hydrogens is 270 g/mol. The highest BCUT2D eigenvalue weighted by molar-refractivity contribution is 5.85. The van der Waals surface area contributed by atoms with Crippen LogP contribution in [0.2, 0.25) is 0 Å². The van der Waals surface area contributed by atoms with Gasteiger partial charge in [0, 0.05) is 19.1 Å². The Labute approximate surface area is 127 Å². The highest BCUT2D eigenvalue weighted by Gasteiger charge is 2.26. The van der Waals surface area contributed by atoms with Gasteiger partial charge in [-0.05, 0) is 24.7 Å². The standard InChI is InChI=1S/C15H29N3O3/c1-10(2)5-13(15(20)21-4)17-14(19)9-18-7-11(3)6-12(16)8-18/h10-13H,5-9,16H2,1-4H3,(H,17,19). The molecule has 0 radical (unpaired) electrons. The van der Waals surface area contributed by atoms with Crippen LogP contribution < -0.4 is 11.1 Å². The molecule has 1 aliphatic heterocycles. The topological polar surface area (TPSA) is 84.7 Å². The number of likely N-dealkylation sites (tertiary alicyclic amines) is 1. The summed E-state index contributed by atoms with van der Waals surface area (Å²) in [7, 11) is 1.34. The van der Waals surface area contributed by atoms with E-state index in [1.54, 1.807) is 0 Å². The zero-order valence-electron chi connectivity index (χ0n) is 13.6. The van der Waals surface area contributed by atoms with Gasteiger partial charge in [-0.25, -0.2) is 4.79 Å². The third kappa shape index (κ3) is 6.44. The van der Waals surface area contributed by atoms with Gasteiger partial charge < -0.3 is 15.8 Å². The van der Waals surface area contributed by atoms with Crippen molar-refractivity contribution in [3.05, 3.63) is 0 Å². The van der Waals surface area contributed by atoms with Crippen LogP contribution in [0.1, 0.15) is 33.6 Å². The Morgan fingerprint density at radius 2 is 2.05 bits per heavy atom. The first kappa shape index (κ1) is 17.9. The number of ether oxygens (including phenoxy) is 1. The van der Waals surface area contributed by atoms with Crippen molar-refractivity contribution < 1.29 is 14.3 Å². The maximum atomic E-state index is 12.1. The first-order valence-electron chi connectivity index (χ1n) is 7.67. The van der Waals surface area contributed by atoms with E-state index in [9.17, 15) is 9.59 Å². The molecule has 0 aromatic carbocycles. The molecule has 1 fully saturated rings. The molecule has 0 saturated carbocycles. The Kier molecular flexibility index (Phi) is 7.11. The van der Waals surface area contributed by atoms with E-state index >= 15 is 0 Å². The van der Waals surface area contributed by atoms with Gasteiger partial charge in [0.1, 0.15) is 6.04 Å². The van der Waals surface area contributed by atoms with Crippen molar-refractivity contribution in [1.82, 2.24) is 10.2 Å². The average Bonchev–Trinajstić information content (AvgIpc) is 2.34. The summed E-state index contributed by atoms with van der Waals surface area (Å²) < 4.78 is 4.75. The molecule has 6 heteroatoms. The van der Waals surface area contributed by atoms with Crippen LogP contribution in [0, 0.1) is 11.8 Å². The number of nitrogens with zero attached hydrogens (tertiary/aromatic N) is 1. The largest absolute Gasteiger partial charge is 0.467 e. The SMILES string of the molecule is COC(=O)C(CC(C)C)NC(=O)CN1CC(C)CC(N)C1. The number of amides is 1. The van der Waals surface area contributed by atoms with Crippen molar-refractivity contribution in [3.8, 4) is 0 Å². The van der Waals surface area contributed by atoms with Crippen molar-refractivity contribution in [3.63, 3.8) is 0 Å². The van der Waals surface area contributed by atoms with E-state index in [1.165, 1.54) is 7.11 Å². The Hall–Kier alpha value is -1.14. The van der Waals surface area contributed by atoms with E-state index in [2.05, 4.69) is 17.1 Å². The van der Waals surface area contributed by atoms with E-state index in [-0.39, 0.29) is 24.5 Å². The zero-order valence-corrected chi connectivity index (χ0v) is 13.6. The van der Waals surface area contributed by atoms with E-state index < -0.39 is 6.04 Å². The third-order valence-corrected chi connectivity index (χ3v) is 3.66. The lowest BCUT2D eigenvalue weighted by molar-refractivity contribution is -0.145. The number of piperidine rings is 1. The molecule has 3 N–H and O–H groups in total. The second kappa shape index (κ2) is 8.34. The molecular formula is C15H29N3O3. The Bertz CT molecular complexity index is 350. The highest BCUT2D eigenvalue weighted by Crippen LogP contribution is 2.14. The van der Waals surface area contributed by atoms with E-state index in [0.29, 0.717) is 18.3 Å². The predicted molar refractivity (Wildman–Crippen MR) is 81.6 cm³/mol. The molecule has 1 saturated heterocycles. The smallest absolute Gasteiger partial charge is 0.328 e. The molecule has 3 unspecified atom stereocenters. The number of esters is 1. The first-order valence-corrected chi connectivity index (χ1v) is 7.67. The fraction of sp³-hybridized carbons (Fsp3) is 0.867. The number of rotatable bonds is 6. The van der Waals surface area contributed by atoms with Gasteiger partial charge in [0.2, 0.25) is 5.91 Å². The number of nitrogens with two attached hydrogens (primary N) is 1. The number of methoxy groups -OCH3 is 1. The van der Waals surface area contributed by atoms with Gasteiger partial charge in [0.15, 0.2) is 0 Å². The Balaban J connectivity index is 2.51. The van der Waals surface area contributed by atoms with E-state index in [1.807, 2.05) is 13.8 Å². The van der Waals surface area contributed by atoms with Crippen molar-refractivity contribution >= 4 is 11.9 Å². The van der Waals surface area contributed by atoms with Crippen LogP contribution in [0.4, 0.5) is 0 Å². The monoisotopic (exact) mass is 299 g/mol. The summed E-state index contributed by atoms with van der Waals surface area (Å²) >= 11 is 0. The van der Waals surface area contributed by atoms with Crippen molar-refractivity contribution in [2.75, 3.05) is 26.7 Å². The van der Waals surface area contributed by atoms with Crippen LogP contribution in [0.25, 0.3) is 0 Å². The third-order valence-electron chi connectivity index (χ3n) is 3.66. The van der Waals surface area contributed by atoms with Crippen LogP contribution in [0.15, 0.2) is 0 Å². The van der Waals surface area contributed by atoms with Gasteiger partial charge in [-0.15, -0.1) is 0 Å². The van der Waals surface area contributed by atoms with Gasteiger partial charge >= 0.3 is 5.97 Å². The normalized spacial score (nSPS) is 24.7. The van der Waals surface area contributed by atoms with Crippen LogP contribution in [-0.4, -0.2) is 55.6 Å². The molecule has 0 aromatic rings. The lowest BCUT2D eigenvalue weighted by Gasteiger charge is -2.34. The second-order valence-electron chi connectivity index (χ2n) is 6.57. The molecule has 1 amide bonds. The Morgan fingerprint density at radius 1 is 1.38 bits per heavy atom. The molecule has 1 heterocycles. The second-order valence-corrected chi connectivity index (χ2v) is 6.57. The van der Waals surface area contributed by atoms with Crippen LogP contribution >= 0.6 is 0 Å². The summed E-state index contributed by atoms with van der Waals surface area (Å²) in [6.07, 6.45) is 1.57. The maximum Gasteiger partial charge on any atom is 0.328 e. The summed E-state index contributed by atoms with van der Waals surface area (Å²) in [5, 5.41) is 2.78. The zero-order chi connectivity index (χ0) is 16.0. The predicted octanol–water partition coefficient (Wildman–Crippen LogP) is 0.359. The van der Waals surface area contributed by atoms with Crippen molar-refractivity contribution in [1.29, 1.82) is 0 Å². The molecule has 1 rings (SSSR count). The van der Waals surface area contributed by atoms with E-state index in [4.69, 9.17) is 10.5 Å². The van der Waals surface area contributed by atoms with Gasteiger partial charge in [-0.3, -0.25) is 9.69 Å². The summed E-state index contributed by atoms with van der Waals surface area (Å²) in [5.74, 6) is 0.263. The Morgan fingerprint density at radius 3 is 2.57 bits per heavy atom. The van der Waals surface area contributed by atoms with Gasteiger partial charge in [0.25, 0.3) is 0 Å². The summed E-state index contributed by atoms with van der Waals surface area (Å²) in [6.45, 7) is 8.03. The molecule has 21 heavy (non-hydrogen) atoms. The van der Waals surface area contributed by atoms with Gasteiger partial charge in [-0.1, -0.05) is 20.8 Å². The molecule has 6 nitrogen and oxygen atoms in total. The molecule has 1 aliphatic rings. The molecule has 3 atom stereocenters. The molecule has 0 spiro atoms. The van der Waals surface area contributed by atoms with E-state index in [0.717, 1.165) is 19.5 Å². The number of hydrogen-bond donors (Lipinski definition) is 2. The van der Waals surface area contributed by atoms with Crippen molar-refractivity contribution in [2.45, 2.75) is 45.7 Å². The number of carbonyl (C=O) groups is 2. The average molecular weight is 299 g/mol. The lowest BCUT2D eigenvalue weighted by atomic mass is 9.96. The number of nitrogens with one attached hydrogen (secondary N) is 1. The van der Waals surface area contributed by atoms with Crippen LogP contribution in [-0.2, 0) is 14.3 Å². The summed E-state index contributed by atoms with van der Waals surface area (Å²) in [6, 6.07) is -0.452. The van der Waals surface area contributed by atoms with Crippen LogP contribution in [0.5, 0.6) is 0 Å². The van der Waals surface area contributed by atoms with Gasteiger partial charge in [-0.2, -0.15) is 0 Å². The minimum Gasteiger partial charge on any atom is -0.467 e. The molecule has 0 aliphatic carbocycles.